The molecule has 21 heavy (non-hydrogen) atoms. The van der Waals surface area contributed by atoms with Crippen LogP contribution in [0.4, 0.5) is 0 Å². The van der Waals surface area contributed by atoms with E-state index in [1.165, 1.54) is 0 Å². The van der Waals surface area contributed by atoms with E-state index in [1.54, 1.807) is 14.2 Å². The topological polar surface area (TPSA) is 58.6 Å². The van der Waals surface area contributed by atoms with Crippen LogP contribution < -0.4 is 14.6 Å². The van der Waals surface area contributed by atoms with Crippen molar-refractivity contribution < 1.29 is 39.8 Å². The van der Waals surface area contributed by atoms with Crippen molar-refractivity contribution in [1.82, 2.24) is 0 Å². The van der Waals surface area contributed by atoms with Gasteiger partial charge in [0.05, 0.1) is 14.2 Å². The average molecular weight is 380 g/mol. The minimum atomic E-state index is -1.08. The third-order valence-electron chi connectivity index (χ3n) is 1.85. The fourth-order valence-corrected chi connectivity index (χ4v) is 1.02. The molecule has 0 heterocycles. The molecule has 0 unspecified atom stereocenters. The normalized spacial score (nSPS) is 7.76. The van der Waals surface area contributed by atoms with Gasteiger partial charge in [0.25, 0.3) is 0 Å². The van der Waals surface area contributed by atoms with Crippen molar-refractivity contribution in [1.29, 1.82) is 0 Å². The number of benzene rings is 2. The molecule has 0 aliphatic carbocycles. The molecule has 2 rings (SSSR count). The number of carboxylic acids is 1. The van der Waals surface area contributed by atoms with Crippen LogP contribution in [-0.4, -0.2) is 20.2 Å². The number of hydrogen-bond donors (Lipinski definition) is 0. The van der Waals surface area contributed by atoms with Crippen LogP contribution in [0.2, 0.25) is 0 Å². The molecule has 0 aliphatic heterocycles. The molecule has 0 radical (unpaired) electrons. The number of hydrogen-bond acceptors (Lipinski definition) is 4. The van der Waals surface area contributed by atoms with Gasteiger partial charge in [-0.3, -0.25) is 0 Å². The van der Waals surface area contributed by atoms with Gasteiger partial charge in [-0.25, -0.2) is 0 Å². The van der Waals surface area contributed by atoms with Gasteiger partial charge in [-0.05, 0) is 6.92 Å². The molecule has 0 saturated carbocycles. The zero-order valence-electron chi connectivity index (χ0n) is 12.1. The molecule has 0 spiro atoms. The summed E-state index contributed by atoms with van der Waals surface area (Å²) in [5.74, 6) is 0.674. The zero-order chi connectivity index (χ0) is 15.2. The molecule has 0 amide bonds. The first kappa shape index (κ1) is 21.5. The van der Waals surface area contributed by atoms with Crippen LogP contribution in [0.25, 0.3) is 0 Å². The molecule has 0 saturated heterocycles. The molecule has 0 aliphatic rings. The monoisotopic (exact) mass is 379 g/mol. The summed E-state index contributed by atoms with van der Waals surface area (Å²) in [4.78, 5) is 8.89. The largest absolute Gasteiger partial charge is 0.550 e. The standard InChI is InChI=1S/2C7H7O.C2H4O2.Pd/c2*1-8-7-5-3-2-4-6-7;1-2(3)4;/h2*3-6H,1H3;1H3,(H,3,4);/q2*-1;;/p-1. The molecule has 0 atom stereocenters. The number of methoxy groups -OCH3 is 2. The second-order valence-electron chi connectivity index (χ2n) is 3.37. The van der Waals surface area contributed by atoms with Gasteiger partial charge in [0.15, 0.2) is 0 Å². The van der Waals surface area contributed by atoms with Crippen molar-refractivity contribution in [3.8, 4) is 11.5 Å². The van der Waals surface area contributed by atoms with Crippen LogP contribution in [-0.2, 0) is 25.2 Å². The van der Waals surface area contributed by atoms with Gasteiger partial charge in [0, 0.05) is 37.9 Å². The molecule has 0 fully saturated rings. The summed E-state index contributed by atoms with van der Waals surface area (Å²) >= 11 is 0. The fourth-order valence-electron chi connectivity index (χ4n) is 1.02. The molecule has 118 valence electrons. The Kier molecular flexibility index (Phi) is 14.9. The molecule has 2 aromatic carbocycles. The van der Waals surface area contributed by atoms with E-state index in [4.69, 9.17) is 19.4 Å². The van der Waals surface area contributed by atoms with Gasteiger partial charge < -0.3 is 19.4 Å². The number of carbonyl (C=O) groups is 1. The van der Waals surface area contributed by atoms with Crippen molar-refractivity contribution in [3.63, 3.8) is 0 Å². The van der Waals surface area contributed by atoms with Gasteiger partial charge in [0.2, 0.25) is 0 Å². The maximum Gasteiger partial charge on any atom is 0.0743 e. The summed E-state index contributed by atoms with van der Waals surface area (Å²) in [6.45, 7) is 0.972. The second-order valence-corrected chi connectivity index (χ2v) is 3.37. The van der Waals surface area contributed by atoms with Crippen LogP contribution >= 0.6 is 0 Å². The Morgan fingerprint density at radius 2 is 1.14 bits per heavy atom. The third kappa shape index (κ3) is 14.4. The van der Waals surface area contributed by atoms with Crippen molar-refractivity contribution in [2.24, 2.45) is 0 Å². The quantitative estimate of drug-likeness (QED) is 0.589. The van der Waals surface area contributed by atoms with Crippen LogP contribution in [0.5, 0.6) is 11.5 Å². The van der Waals surface area contributed by atoms with Gasteiger partial charge in [-0.15, -0.1) is 24.3 Å². The Balaban J connectivity index is 0. The van der Waals surface area contributed by atoms with Crippen molar-refractivity contribution in [3.05, 3.63) is 60.7 Å². The predicted octanol–water partition coefficient (Wildman–Crippen LogP) is 1.74. The molecule has 0 N–H and O–H groups in total. The minimum Gasteiger partial charge on any atom is -0.550 e. The van der Waals surface area contributed by atoms with Crippen LogP contribution in [0.1, 0.15) is 6.92 Å². The Morgan fingerprint density at radius 1 is 0.905 bits per heavy atom. The van der Waals surface area contributed by atoms with E-state index in [0.717, 1.165) is 18.4 Å². The number of ether oxygens (including phenoxy) is 2. The molecule has 5 heteroatoms. The summed E-state index contributed by atoms with van der Waals surface area (Å²) in [7, 11) is 3.30. The van der Waals surface area contributed by atoms with Gasteiger partial charge in [-0.1, -0.05) is 0 Å². The first-order valence-corrected chi connectivity index (χ1v) is 5.78. The van der Waals surface area contributed by atoms with E-state index in [2.05, 4.69) is 12.1 Å². The van der Waals surface area contributed by atoms with E-state index in [9.17, 15) is 0 Å². The number of carbonyl (C=O) groups excluding carboxylic acids is 1. The maximum absolute atomic E-state index is 8.89. The van der Waals surface area contributed by atoms with Crippen molar-refractivity contribution >= 4 is 5.97 Å². The predicted molar refractivity (Wildman–Crippen MR) is 74.3 cm³/mol. The summed E-state index contributed by atoms with van der Waals surface area (Å²) in [5.41, 5.74) is 0. The van der Waals surface area contributed by atoms with Crippen molar-refractivity contribution in [2.75, 3.05) is 14.2 Å². The SMILES string of the molecule is CC(=O)[O-].COc1cc[c-]cc1.COc1cc[c-]cc1.[Pd]. The average Bonchev–Trinajstić information content (AvgIpc) is 2.49. The summed E-state index contributed by atoms with van der Waals surface area (Å²) in [6.07, 6.45) is 0. The van der Waals surface area contributed by atoms with Gasteiger partial charge in [-0.2, -0.15) is 36.4 Å². The number of rotatable bonds is 2. The summed E-state index contributed by atoms with van der Waals surface area (Å²) < 4.78 is 9.79. The molecule has 4 nitrogen and oxygen atoms in total. The van der Waals surface area contributed by atoms with E-state index in [1.807, 2.05) is 48.5 Å². The molecule has 0 aromatic heterocycles. The van der Waals surface area contributed by atoms with E-state index in [-0.39, 0.29) is 20.4 Å². The Hall–Kier alpha value is -1.83. The van der Waals surface area contributed by atoms with Crippen LogP contribution in [0.15, 0.2) is 48.5 Å². The summed E-state index contributed by atoms with van der Waals surface area (Å²) in [6, 6.07) is 20.5. The summed E-state index contributed by atoms with van der Waals surface area (Å²) in [5, 5.41) is 8.89. The van der Waals surface area contributed by atoms with Gasteiger partial charge in [0.1, 0.15) is 0 Å². The molecule has 0 bridgehead atoms. The van der Waals surface area contributed by atoms with Crippen LogP contribution in [0.3, 0.4) is 0 Å². The molecule has 2 aromatic rings. The zero-order valence-corrected chi connectivity index (χ0v) is 13.6. The van der Waals surface area contributed by atoms with E-state index < -0.39 is 5.97 Å². The second kappa shape index (κ2) is 14.6. The third-order valence-corrected chi connectivity index (χ3v) is 1.85. The number of carboxylic acid groups (broad SMARTS) is 1. The Labute approximate surface area is 139 Å². The minimum absolute atomic E-state index is 0. The van der Waals surface area contributed by atoms with Crippen LogP contribution in [0, 0.1) is 12.1 Å². The first-order valence-electron chi connectivity index (χ1n) is 5.78. The number of aliphatic carboxylic acids is 1. The Bertz CT molecular complexity index is 417. The molecular formula is C16H17O4Pd-3. The van der Waals surface area contributed by atoms with Crippen molar-refractivity contribution in [2.45, 2.75) is 6.92 Å². The fraction of sp³-hybridized carbons (Fsp3) is 0.188. The first-order chi connectivity index (χ1) is 9.60. The molecular weight excluding hydrogens is 363 g/mol. The van der Waals surface area contributed by atoms with E-state index in [0.29, 0.717) is 0 Å². The van der Waals surface area contributed by atoms with E-state index >= 15 is 0 Å². The Morgan fingerprint density at radius 3 is 1.29 bits per heavy atom. The maximum atomic E-state index is 8.89. The van der Waals surface area contributed by atoms with Gasteiger partial charge >= 0.3 is 0 Å². The smallest absolute Gasteiger partial charge is 0.0743 e.